The Morgan fingerprint density at radius 1 is 1.24 bits per heavy atom. The zero-order valence-corrected chi connectivity index (χ0v) is 14.2. The van der Waals surface area contributed by atoms with E-state index in [1.165, 1.54) is 12.1 Å². The minimum Gasteiger partial charge on any atom is -0.424 e. The van der Waals surface area contributed by atoms with E-state index >= 15 is 0 Å². The molecule has 1 N–H and O–H groups in total. The molecule has 25 heavy (non-hydrogen) atoms. The van der Waals surface area contributed by atoms with E-state index in [4.69, 9.17) is 11.6 Å². The quantitative estimate of drug-likeness (QED) is 0.538. The van der Waals surface area contributed by atoms with Gasteiger partial charge in [-0.3, -0.25) is 9.59 Å². The minimum absolute atomic E-state index is 0.0500. The molecule has 0 aliphatic rings. The lowest BCUT2D eigenvalue weighted by Crippen LogP contribution is -2.14. The number of anilines is 1. The van der Waals surface area contributed by atoms with Gasteiger partial charge in [-0.1, -0.05) is 17.7 Å². The molecule has 2 aromatic carbocycles. The number of ether oxygens (including phenoxy) is 1. The highest BCUT2D eigenvalue weighted by Gasteiger charge is 2.20. The Balaban J connectivity index is 1.93. The predicted octanol–water partition coefficient (Wildman–Crippen LogP) is 4.41. The fourth-order valence-electron chi connectivity index (χ4n) is 2.14. The molecule has 1 aromatic heterocycles. The molecule has 0 atom stereocenters. The topological polar surface area (TPSA) is 68.3 Å². The van der Waals surface area contributed by atoms with Crippen LogP contribution in [0.15, 0.2) is 30.3 Å². The van der Waals surface area contributed by atoms with Crippen molar-refractivity contribution in [3.63, 3.8) is 0 Å². The van der Waals surface area contributed by atoms with Crippen molar-refractivity contribution in [2.45, 2.75) is 6.92 Å². The first-order chi connectivity index (χ1) is 11.9. The van der Waals surface area contributed by atoms with Crippen molar-refractivity contribution < 1.29 is 23.1 Å². The number of hydrogen-bond donors (Lipinski definition) is 1. The van der Waals surface area contributed by atoms with E-state index < -0.39 is 23.5 Å². The van der Waals surface area contributed by atoms with Gasteiger partial charge in [0.25, 0.3) is 5.91 Å². The predicted molar refractivity (Wildman–Crippen MR) is 90.3 cm³/mol. The van der Waals surface area contributed by atoms with Crippen molar-refractivity contribution in [3.05, 3.63) is 52.7 Å². The highest BCUT2D eigenvalue weighted by molar-refractivity contribution is 7.13. The molecule has 1 amide bonds. The Hall–Kier alpha value is -2.58. The van der Waals surface area contributed by atoms with Gasteiger partial charge in [0.15, 0.2) is 17.3 Å². The molecule has 0 spiro atoms. The summed E-state index contributed by atoms with van der Waals surface area (Å²) in [6.07, 6.45) is 0. The third-order valence-electron chi connectivity index (χ3n) is 3.19. The van der Waals surface area contributed by atoms with Crippen LogP contribution in [-0.4, -0.2) is 16.3 Å². The molecule has 0 aliphatic heterocycles. The SMILES string of the molecule is CC(=O)Oc1cc(Cl)c(NC(=O)c2nsc3cccc(F)c23)cc1F. The highest BCUT2D eigenvalue weighted by Crippen LogP contribution is 2.31. The van der Waals surface area contributed by atoms with Gasteiger partial charge < -0.3 is 10.1 Å². The van der Waals surface area contributed by atoms with Crippen molar-refractivity contribution in [3.8, 4) is 5.75 Å². The third kappa shape index (κ3) is 3.45. The number of aromatic nitrogens is 1. The summed E-state index contributed by atoms with van der Waals surface area (Å²) in [4.78, 5) is 23.3. The lowest BCUT2D eigenvalue weighted by Gasteiger charge is -2.09. The van der Waals surface area contributed by atoms with Crippen LogP contribution >= 0.6 is 23.1 Å². The summed E-state index contributed by atoms with van der Waals surface area (Å²) in [5.74, 6) is -3.28. The fraction of sp³-hybridized carbons (Fsp3) is 0.0625. The zero-order valence-electron chi connectivity index (χ0n) is 12.6. The lowest BCUT2D eigenvalue weighted by molar-refractivity contribution is -0.132. The highest BCUT2D eigenvalue weighted by atomic mass is 35.5. The van der Waals surface area contributed by atoms with Crippen LogP contribution in [0.4, 0.5) is 14.5 Å². The first-order valence-electron chi connectivity index (χ1n) is 6.89. The summed E-state index contributed by atoms with van der Waals surface area (Å²) in [5.41, 5.74) is -0.184. The maximum atomic E-state index is 13.9. The van der Waals surface area contributed by atoms with Gasteiger partial charge in [-0.05, 0) is 23.7 Å². The van der Waals surface area contributed by atoms with Gasteiger partial charge in [0.05, 0.1) is 20.8 Å². The number of amides is 1. The van der Waals surface area contributed by atoms with Gasteiger partial charge in [-0.25, -0.2) is 8.78 Å². The van der Waals surface area contributed by atoms with Gasteiger partial charge in [-0.2, -0.15) is 4.37 Å². The number of benzene rings is 2. The Morgan fingerprint density at radius 2 is 2.00 bits per heavy atom. The molecule has 0 saturated carbocycles. The average Bonchev–Trinajstić information content (AvgIpc) is 2.97. The molecule has 9 heteroatoms. The summed E-state index contributed by atoms with van der Waals surface area (Å²) in [6, 6.07) is 6.33. The second kappa shape index (κ2) is 6.73. The summed E-state index contributed by atoms with van der Waals surface area (Å²) in [5, 5.41) is 2.41. The van der Waals surface area contributed by atoms with E-state index in [2.05, 4.69) is 14.4 Å². The Morgan fingerprint density at radius 3 is 2.72 bits per heavy atom. The van der Waals surface area contributed by atoms with Crippen molar-refractivity contribution in [1.82, 2.24) is 4.37 Å². The second-order valence-electron chi connectivity index (χ2n) is 4.95. The molecule has 5 nitrogen and oxygen atoms in total. The number of carbonyl (C=O) groups excluding carboxylic acids is 2. The minimum atomic E-state index is -0.885. The average molecular weight is 383 g/mol. The molecule has 0 saturated heterocycles. The van der Waals surface area contributed by atoms with E-state index in [1.54, 1.807) is 6.07 Å². The van der Waals surface area contributed by atoms with E-state index in [0.717, 1.165) is 30.6 Å². The van der Waals surface area contributed by atoms with Crippen molar-refractivity contribution in [2.75, 3.05) is 5.32 Å². The summed E-state index contributed by atoms with van der Waals surface area (Å²) in [6.45, 7) is 1.12. The van der Waals surface area contributed by atoms with E-state index in [9.17, 15) is 18.4 Å². The number of carbonyl (C=O) groups is 2. The number of hydrogen-bond acceptors (Lipinski definition) is 5. The molecule has 0 radical (unpaired) electrons. The van der Waals surface area contributed by atoms with Crippen LogP contribution in [0.3, 0.4) is 0 Å². The summed E-state index contributed by atoms with van der Waals surface area (Å²) in [7, 11) is 0. The van der Waals surface area contributed by atoms with Crippen LogP contribution in [0.2, 0.25) is 5.02 Å². The number of nitrogens with one attached hydrogen (secondary N) is 1. The molecule has 3 aromatic rings. The van der Waals surface area contributed by atoms with Gasteiger partial charge >= 0.3 is 5.97 Å². The normalized spacial score (nSPS) is 10.7. The zero-order chi connectivity index (χ0) is 18.1. The lowest BCUT2D eigenvalue weighted by atomic mass is 10.2. The molecule has 3 rings (SSSR count). The van der Waals surface area contributed by atoms with Gasteiger partial charge in [0.1, 0.15) is 5.82 Å². The van der Waals surface area contributed by atoms with Crippen molar-refractivity contribution >= 4 is 50.8 Å². The number of halogens is 3. The van der Waals surface area contributed by atoms with Crippen LogP contribution < -0.4 is 10.1 Å². The molecular weight excluding hydrogens is 374 g/mol. The maximum Gasteiger partial charge on any atom is 0.308 e. The molecular formula is C16H9ClF2N2O3S. The largest absolute Gasteiger partial charge is 0.424 e. The summed E-state index contributed by atoms with van der Waals surface area (Å²) < 4.78 is 37.0. The van der Waals surface area contributed by atoms with Crippen molar-refractivity contribution in [2.24, 2.45) is 0 Å². The van der Waals surface area contributed by atoms with Crippen LogP contribution in [-0.2, 0) is 4.79 Å². The van der Waals surface area contributed by atoms with Crippen LogP contribution in [0.1, 0.15) is 17.4 Å². The maximum absolute atomic E-state index is 13.9. The first kappa shape index (κ1) is 17.2. The number of esters is 1. The van der Waals surface area contributed by atoms with Crippen LogP contribution in [0.25, 0.3) is 10.1 Å². The van der Waals surface area contributed by atoms with Crippen LogP contribution in [0.5, 0.6) is 5.75 Å². The van der Waals surface area contributed by atoms with Crippen molar-refractivity contribution in [1.29, 1.82) is 0 Å². The Labute approximate surface area is 149 Å². The van der Waals surface area contributed by atoms with E-state index in [1.807, 2.05) is 0 Å². The van der Waals surface area contributed by atoms with Gasteiger partial charge in [0, 0.05) is 19.1 Å². The third-order valence-corrected chi connectivity index (χ3v) is 4.31. The smallest absolute Gasteiger partial charge is 0.308 e. The molecule has 0 fully saturated rings. The Kier molecular flexibility index (Phi) is 4.65. The second-order valence-corrected chi connectivity index (χ2v) is 6.17. The first-order valence-corrected chi connectivity index (χ1v) is 8.04. The molecule has 0 aliphatic carbocycles. The molecule has 128 valence electrons. The van der Waals surface area contributed by atoms with Gasteiger partial charge in [-0.15, -0.1) is 0 Å². The van der Waals surface area contributed by atoms with E-state index in [-0.39, 0.29) is 27.5 Å². The Bertz CT molecular complexity index is 1010. The number of rotatable bonds is 3. The fourth-order valence-corrected chi connectivity index (χ4v) is 3.13. The number of nitrogens with zero attached hydrogens (tertiary/aromatic N) is 1. The molecule has 1 heterocycles. The summed E-state index contributed by atoms with van der Waals surface area (Å²) >= 11 is 6.94. The standard InChI is InChI=1S/C16H9ClF2N2O3S/c1-7(22)24-12-5-8(17)11(6-10(12)19)20-16(23)15-14-9(18)3-2-4-13(14)25-21-15/h2-6H,1H3,(H,20,23). The van der Waals surface area contributed by atoms with Gasteiger partial charge in [0.2, 0.25) is 0 Å². The molecule has 0 unspecified atom stereocenters. The van der Waals surface area contributed by atoms with E-state index in [0.29, 0.717) is 4.70 Å². The molecule has 0 bridgehead atoms. The number of fused-ring (bicyclic) bond motifs is 1. The monoisotopic (exact) mass is 382 g/mol. The van der Waals surface area contributed by atoms with Crippen LogP contribution in [0, 0.1) is 11.6 Å².